The van der Waals surface area contributed by atoms with Gasteiger partial charge < -0.3 is 14.8 Å². The van der Waals surface area contributed by atoms with Crippen molar-refractivity contribution >= 4 is 11.8 Å². The van der Waals surface area contributed by atoms with Crippen LogP contribution >= 0.6 is 0 Å². The number of fused-ring (bicyclic) bond motifs is 1. The normalized spacial score (nSPS) is 15.7. The Morgan fingerprint density at radius 3 is 2.59 bits per heavy atom. The van der Waals surface area contributed by atoms with Crippen LogP contribution in [0.3, 0.4) is 0 Å². The fourth-order valence-electron chi connectivity index (χ4n) is 2.52. The summed E-state index contributed by atoms with van der Waals surface area (Å²) in [6.07, 6.45) is 0.417. The number of rotatable bonds is 3. The van der Waals surface area contributed by atoms with E-state index in [2.05, 4.69) is 0 Å². The van der Waals surface area contributed by atoms with Gasteiger partial charge in [0.25, 0.3) is 0 Å². The lowest BCUT2D eigenvalue weighted by Crippen LogP contribution is -2.20. The van der Waals surface area contributed by atoms with Crippen molar-refractivity contribution in [3.63, 3.8) is 0 Å². The van der Waals surface area contributed by atoms with Gasteiger partial charge in [0, 0.05) is 12.2 Å². The lowest BCUT2D eigenvalue weighted by molar-refractivity contribution is 0.0695. The third-order valence-corrected chi connectivity index (χ3v) is 3.24. The first-order valence-electron chi connectivity index (χ1n) is 5.62. The van der Waals surface area contributed by atoms with E-state index in [1.807, 2.05) is 0 Å². The first-order chi connectivity index (χ1) is 7.95. The van der Waals surface area contributed by atoms with Crippen LogP contribution in [0.4, 0.5) is 0 Å². The highest BCUT2D eigenvalue weighted by molar-refractivity contribution is 6.03. The molecule has 1 unspecified atom stereocenters. The van der Waals surface area contributed by atoms with Crippen LogP contribution in [0.2, 0.25) is 0 Å². The number of carboxylic acids is 1. The van der Waals surface area contributed by atoms with E-state index in [1.165, 1.54) is 6.92 Å². The topological polar surface area (TPSA) is 79.5 Å². The molecule has 17 heavy (non-hydrogen) atoms. The Labute approximate surface area is 98.7 Å². The lowest BCUT2D eigenvalue weighted by atomic mass is 10.0. The highest BCUT2D eigenvalue weighted by Crippen LogP contribution is 2.29. The molecular weight excluding hydrogens is 222 g/mol. The lowest BCUT2D eigenvalue weighted by Gasteiger charge is -2.08. The number of ketones is 1. The number of hydrogen-bond donors (Lipinski definition) is 2. The zero-order valence-corrected chi connectivity index (χ0v) is 9.86. The molecule has 0 aliphatic carbocycles. The molecule has 1 aromatic rings. The van der Waals surface area contributed by atoms with Crippen LogP contribution in [0.1, 0.15) is 45.4 Å². The molecule has 2 heterocycles. The third-order valence-electron chi connectivity index (χ3n) is 3.24. The summed E-state index contributed by atoms with van der Waals surface area (Å²) >= 11 is 0. The number of Topliss-reactive ketones (excluding diaryl/α,β-unsaturated/α-hetero) is 1. The zero-order valence-electron chi connectivity index (χ0n) is 9.86. The van der Waals surface area contributed by atoms with E-state index < -0.39 is 17.9 Å². The molecule has 0 amide bonds. The number of aromatic nitrogens is 1. The number of hydrogen-bond acceptors (Lipinski definition) is 3. The van der Waals surface area contributed by atoms with Gasteiger partial charge in [0.15, 0.2) is 0 Å². The van der Waals surface area contributed by atoms with Crippen molar-refractivity contribution in [3.8, 4) is 0 Å². The van der Waals surface area contributed by atoms with E-state index in [-0.39, 0.29) is 5.56 Å². The van der Waals surface area contributed by atoms with Gasteiger partial charge in [0.2, 0.25) is 5.78 Å². The van der Waals surface area contributed by atoms with Crippen molar-refractivity contribution in [3.05, 3.63) is 22.5 Å². The fourth-order valence-corrected chi connectivity index (χ4v) is 2.52. The number of aliphatic hydroxyl groups is 1. The summed E-state index contributed by atoms with van der Waals surface area (Å²) < 4.78 is 1.74. The number of aliphatic hydroxyl groups excluding tert-OH is 1. The second-order valence-corrected chi connectivity index (χ2v) is 4.40. The summed E-state index contributed by atoms with van der Waals surface area (Å²) in [5.74, 6) is -1.41. The van der Waals surface area contributed by atoms with Crippen molar-refractivity contribution < 1.29 is 19.8 Å². The smallest absolute Gasteiger partial charge is 0.337 e. The molecule has 92 valence electrons. The standard InChI is InChI=1S/C12H15NO4/c1-6-9(12(16)17)8-4-3-5-13(8)10(6)11(15)7(2)14/h7,14H,3-5H2,1-2H3,(H,16,17). The Balaban J connectivity index is 2.65. The fraction of sp³-hybridized carbons (Fsp3) is 0.500. The average Bonchev–Trinajstić information content (AvgIpc) is 2.74. The number of carbonyl (C=O) groups excluding carboxylic acids is 1. The van der Waals surface area contributed by atoms with Crippen LogP contribution in [0, 0.1) is 6.92 Å². The Kier molecular flexibility index (Phi) is 2.79. The Hall–Kier alpha value is -1.62. The molecule has 5 nitrogen and oxygen atoms in total. The minimum atomic E-state index is -1.10. The van der Waals surface area contributed by atoms with Gasteiger partial charge in [0.1, 0.15) is 6.10 Å². The predicted octanol–water partition coefficient (Wildman–Crippen LogP) is 1.00. The van der Waals surface area contributed by atoms with Gasteiger partial charge in [-0.15, -0.1) is 0 Å². The van der Waals surface area contributed by atoms with Crippen LogP contribution in [0.25, 0.3) is 0 Å². The van der Waals surface area contributed by atoms with Crippen molar-refractivity contribution in [2.24, 2.45) is 0 Å². The number of aromatic carboxylic acids is 1. The maximum atomic E-state index is 11.9. The van der Waals surface area contributed by atoms with Crippen molar-refractivity contribution in [2.75, 3.05) is 0 Å². The Morgan fingerprint density at radius 1 is 1.41 bits per heavy atom. The highest BCUT2D eigenvalue weighted by Gasteiger charge is 2.31. The van der Waals surface area contributed by atoms with Crippen LogP contribution in [-0.4, -0.2) is 32.6 Å². The second kappa shape index (κ2) is 4.00. The average molecular weight is 237 g/mol. The van der Waals surface area contributed by atoms with Gasteiger partial charge in [0.05, 0.1) is 11.3 Å². The van der Waals surface area contributed by atoms with Crippen LogP contribution < -0.4 is 0 Å². The molecule has 2 rings (SSSR count). The maximum Gasteiger partial charge on any atom is 0.337 e. The SMILES string of the molecule is Cc1c(C(=O)O)c2n(c1C(=O)C(C)O)CCC2. The molecular formula is C12H15NO4. The molecule has 2 N–H and O–H groups in total. The Bertz CT molecular complexity index is 499. The minimum Gasteiger partial charge on any atom is -0.478 e. The molecule has 0 saturated carbocycles. The molecule has 1 aliphatic heterocycles. The number of carboxylic acid groups (broad SMARTS) is 1. The van der Waals surface area contributed by atoms with E-state index in [0.29, 0.717) is 29.9 Å². The summed E-state index contributed by atoms with van der Waals surface area (Å²) in [6.45, 7) is 3.68. The molecule has 1 aromatic heterocycles. The van der Waals surface area contributed by atoms with Crippen molar-refractivity contribution in [1.82, 2.24) is 4.57 Å². The summed E-state index contributed by atoms with van der Waals surface area (Å²) in [5, 5.41) is 18.5. The molecule has 5 heteroatoms. The number of nitrogens with zero attached hydrogens (tertiary/aromatic N) is 1. The van der Waals surface area contributed by atoms with Gasteiger partial charge in [-0.1, -0.05) is 0 Å². The van der Waals surface area contributed by atoms with Gasteiger partial charge in [-0.25, -0.2) is 4.79 Å². The summed E-state index contributed by atoms with van der Waals surface area (Å²) in [4.78, 5) is 23.1. The predicted molar refractivity (Wildman–Crippen MR) is 60.5 cm³/mol. The molecule has 0 radical (unpaired) electrons. The molecule has 0 fully saturated rings. The zero-order chi connectivity index (χ0) is 12.7. The monoisotopic (exact) mass is 237 g/mol. The number of carbonyl (C=O) groups is 2. The van der Waals surface area contributed by atoms with Crippen LogP contribution in [0.5, 0.6) is 0 Å². The van der Waals surface area contributed by atoms with E-state index in [9.17, 15) is 19.8 Å². The van der Waals surface area contributed by atoms with Gasteiger partial charge in [-0.05, 0) is 32.3 Å². The van der Waals surface area contributed by atoms with Gasteiger partial charge in [-0.3, -0.25) is 4.79 Å². The van der Waals surface area contributed by atoms with Gasteiger partial charge in [-0.2, -0.15) is 0 Å². The first-order valence-corrected chi connectivity index (χ1v) is 5.62. The summed E-state index contributed by atoms with van der Waals surface area (Å²) in [6, 6.07) is 0. The van der Waals surface area contributed by atoms with Gasteiger partial charge >= 0.3 is 5.97 Å². The largest absolute Gasteiger partial charge is 0.478 e. The van der Waals surface area contributed by atoms with E-state index in [1.54, 1.807) is 11.5 Å². The van der Waals surface area contributed by atoms with Crippen molar-refractivity contribution in [1.29, 1.82) is 0 Å². The van der Waals surface area contributed by atoms with Crippen LogP contribution in [-0.2, 0) is 13.0 Å². The molecule has 1 aliphatic rings. The second-order valence-electron chi connectivity index (χ2n) is 4.40. The Morgan fingerprint density at radius 2 is 2.06 bits per heavy atom. The summed E-state index contributed by atoms with van der Waals surface area (Å²) in [5.41, 5.74) is 1.76. The summed E-state index contributed by atoms with van der Waals surface area (Å²) in [7, 11) is 0. The van der Waals surface area contributed by atoms with E-state index >= 15 is 0 Å². The van der Waals surface area contributed by atoms with E-state index in [4.69, 9.17) is 0 Å². The molecule has 0 saturated heterocycles. The van der Waals surface area contributed by atoms with Crippen molar-refractivity contribution in [2.45, 2.75) is 39.3 Å². The minimum absolute atomic E-state index is 0.228. The van der Waals surface area contributed by atoms with Crippen LogP contribution in [0.15, 0.2) is 0 Å². The molecule has 0 spiro atoms. The maximum absolute atomic E-state index is 11.9. The molecule has 0 aromatic carbocycles. The molecule has 1 atom stereocenters. The molecule has 0 bridgehead atoms. The highest BCUT2D eigenvalue weighted by atomic mass is 16.4. The third kappa shape index (κ3) is 1.67. The first kappa shape index (κ1) is 11.9. The quantitative estimate of drug-likeness (QED) is 0.769. The van der Waals surface area contributed by atoms with E-state index in [0.717, 1.165) is 6.42 Å².